The number of sulfonamides is 1. The van der Waals surface area contributed by atoms with Gasteiger partial charge in [-0.2, -0.15) is 0 Å². The van der Waals surface area contributed by atoms with Crippen molar-refractivity contribution in [3.63, 3.8) is 0 Å². The van der Waals surface area contributed by atoms with Crippen LogP contribution in [0.25, 0.3) is 0 Å². The van der Waals surface area contributed by atoms with Gasteiger partial charge in [-0.25, -0.2) is 13.1 Å². The Labute approximate surface area is 153 Å². The van der Waals surface area contributed by atoms with Gasteiger partial charge in [0.05, 0.1) is 11.5 Å². The number of hydrogen-bond donors (Lipinski definition) is 2. The van der Waals surface area contributed by atoms with Crippen molar-refractivity contribution < 1.29 is 17.9 Å². The number of hydrogen-bond acceptors (Lipinski definition) is 4. The quantitative estimate of drug-likeness (QED) is 0.813. The van der Waals surface area contributed by atoms with Gasteiger partial charge in [-0.15, -0.1) is 0 Å². The average molecular weight is 374 g/mol. The van der Waals surface area contributed by atoms with E-state index in [1.807, 2.05) is 31.2 Å². The summed E-state index contributed by atoms with van der Waals surface area (Å²) in [4.78, 5) is 12.1. The average Bonchev–Trinajstić information content (AvgIpc) is 2.62. The molecule has 0 bridgehead atoms. The third-order valence-corrected chi connectivity index (χ3v) is 5.86. The SMILES string of the molecule is CCOc1cccc(C(C)NS(=O)(=O)c2ccc3c(c2)C(=O)NCC3)c1. The number of carbonyl (C=O) groups is 1. The van der Waals surface area contributed by atoms with Gasteiger partial charge in [-0.1, -0.05) is 18.2 Å². The summed E-state index contributed by atoms with van der Waals surface area (Å²) >= 11 is 0. The first kappa shape index (κ1) is 18.4. The van der Waals surface area contributed by atoms with Crippen LogP contribution in [0, 0.1) is 0 Å². The minimum atomic E-state index is -3.76. The molecule has 0 saturated carbocycles. The van der Waals surface area contributed by atoms with E-state index in [2.05, 4.69) is 10.0 Å². The van der Waals surface area contributed by atoms with E-state index >= 15 is 0 Å². The second-order valence-corrected chi connectivity index (χ2v) is 7.89. The summed E-state index contributed by atoms with van der Waals surface area (Å²) in [5.41, 5.74) is 2.09. The molecule has 1 unspecified atom stereocenters. The standard InChI is InChI=1S/C19H22N2O4S/c1-3-25-16-6-4-5-15(11-16)13(2)21-26(23,24)17-8-7-14-9-10-20-19(22)18(14)12-17/h4-8,11-13,21H,3,9-10H2,1-2H3,(H,20,22). The summed E-state index contributed by atoms with van der Waals surface area (Å²) in [6.45, 7) is 4.78. The second-order valence-electron chi connectivity index (χ2n) is 6.17. The normalized spacial score (nSPS) is 15.1. The number of fused-ring (bicyclic) bond motifs is 1. The molecule has 0 fully saturated rings. The zero-order valence-electron chi connectivity index (χ0n) is 14.8. The Kier molecular flexibility index (Phi) is 5.29. The Morgan fingerprint density at radius 3 is 2.81 bits per heavy atom. The van der Waals surface area contributed by atoms with E-state index < -0.39 is 16.1 Å². The highest BCUT2D eigenvalue weighted by Gasteiger charge is 2.23. The number of nitrogens with one attached hydrogen (secondary N) is 2. The number of carbonyl (C=O) groups excluding carboxylic acids is 1. The van der Waals surface area contributed by atoms with Crippen LogP contribution in [0.2, 0.25) is 0 Å². The molecule has 1 amide bonds. The van der Waals surface area contributed by atoms with Crippen molar-refractivity contribution in [1.82, 2.24) is 10.0 Å². The van der Waals surface area contributed by atoms with Gasteiger partial charge < -0.3 is 10.1 Å². The van der Waals surface area contributed by atoms with Crippen molar-refractivity contribution in [2.24, 2.45) is 0 Å². The number of benzene rings is 2. The topological polar surface area (TPSA) is 84.5 Å². The Hall–Kier alpha value is -2.38. The van der Waals surface area contributed by atoms with Gasteiger partial charge in [0.25, 0.3) is 5.91 Å². The molecular formula is C19H22N2O4S. The predicted octanol–water partition coefficient (Wildman–Crippen LogP) is 2.41. The fourth-order valence-electron chi connectivity index (χ4n) is 2.97. The van der Waals surface area contributed by atoms with Crippen molar-refractivity contribution in [3.05, 3.63) is 59.2 Å². The first-order chi connectivity index (χ1) is 12.4. The summed E-state index contributed by atoms with van der Waals surface area (Å²) in [6.07, 6.45) is 0.704. The van der Waals surface area contributed by atoms with Crippen molar-refractivity contribution in [2.45, 2.75) is 31.2 Å². The number of ether oxygens (including phenoxy) is 1. The summed E-state index contributed by atoms with van der Waals surface area (Å²) < 4.78 is 33.6. The third-order valence-electron chi connectivity index (χ3n) is 4.32. The van der Waals surface area contributed by atoms with E-state index in [4.69, 9.17) is 4.74 Å². The van der Waals surface area contributed by atoms with Gasteiger partial charge in [0.2, 0.25) is 10.0 Å². The van der Waals surface area contributed by atoms with Crippen LogP contribution in [0.4, 0.5) is 0 Å². The Bertz CT molecular complexity index is 925. The maximum absolute atomic E-state index is 12.7. The van der Waals surface area contributed by atoms with Gasteiger partial charge in [-0.3, -0.25) is 4.79 Å². The highest BCUT2D eigenvalue weighted by molar-refractivity contribution is 7.89. The maximum Gasteiger partial charge on any atom is 0.251 e. The molecule has 0 aliphatic carbocycles. The van der Waals surface area contributed by atoms with E-state index in [1.54, 1.807) is 19.1 Å². The first-order valence-electron chi connectivity index (χ1n) is 8.57. The molecule has 26 heavy (non-hydrogen) atoms. The minimum absolute atomic E-state index is 0.0844. The Morgan fingerprint density at radius 2 is 2.04 bits per heavy atom. The molecule has 1 atom stereocenters. The first-order valence-corrected chi connectivity index (χ1v) is 10.0. The molecule has 0 saturated heterocycles. The summed E-state index contributed by atoms with van der Waals surface area (Å²) in [5, 5.41) is 2.73. The monoisotopic (exact) mass is 374 g/mol. The third kappa shape index (κ3) is 3.89. The van der Waals surface area contributed by atoms with E-state index in [0.717, 1.165) is 11.1 Å². The van der Waals surface area contributed by atoms with Crippen LogP contribution in [0.15, 0.2) is 47.4 Å². The van der Waals surface area contributed by atoms with Crippen molar-refractivity contribution >= 4 is 15.9 Å². The molecule has 138 valence electrons. The predicted molar refractivity (Wildman–Crippen MR) is 98.8 cm³/mol. The van der Waals surface area contributed by atoms with E-state index in [0.29, 0.717) is 30.9 Å². The van der Waals surface area contributed by atoms with Crippen LogP contribution < -0.4 is 14.8 Å². The van der Waals surface area contributed by atoms with Crippen LogP contribution in [-0.2, 0) is 16.4 Å². The van der Waals surface area contributed by atoms with Gasteiger partial charge in [-0.05, 0) is 55.7 Å². The van der Waals surface area contributed by atoms with Crippen LogP contribution in [0.3, 0.4) is 0 Å². The second kappa shape index (κ2) is 7.47. The van der Waals surface area contributed by atoms with E-state index in [1.165, 1.54) is 6.07 Å². The van der Waals surface area contributed by atoms with E-state index in [9.17, 15) is 13.2 Å². The fraction of sp³-hybridized carbons (Fsp3) is 0.316. The Morgan fingerprint density at radius 1 is 1.23 bits per heavy atom. The lowest BCUT2D eigenvalue weighted by atomic mass is 10.0. The number of amides is 1. The van der Waals surface area contributed by atoms with Crippen LogP contribution in [0.5, 0.6) is 5.75 Å². The summed E-state index contributed by atoms with van der Waals surface area (Å²) in [6, 6.07) is 11.6. The van der Waals surface area contributed by atoms with Crippen LogP contribution >= 0.6 is 0 Å². The van der Waals surface area contributed by atoms with Crippen LogP contribution in [-0.4, -0.2) is 27.5 Å². The molecule has 0 spiro atoms. The highest BCUT2D eigenvalue weighted by atomic mass is 32.2. The molecule has 0 radical (unpaired) electrons. The zero-order chi connectivity index (χ0) is 18.7. The molecule has 2 aromatic rings. The minimum Gasteiger partial charge on any atom is -0.494 e. The highest BCUT2D eigenvalue weighted by Crippen LogP contribution is 2.23. The molecule has 1 heterocycles. The zero-order valence-corrected chi connectivity index (χ0v) is 15.6. The van der Waals surface area contributed by atoms with Crippen LogP contribution in [0.1, 0.15) is 41.4 Å². The van der Waals surface area contributed by atoms with Gasteiger partial charge in [0, 0.05) is 18.2 Å². The van der Waals surface area contributed by atoms with Crippen molar-refractivity contribution in [3.8, 4) is 5.75 Å². The molecule has 6 nitrogen and oxygen atoms in total. The lowest BCUT2D eigenvalue weighted by molar-refractivity contribution is 0.0945. The molecular weight excluding hydrogens is 352 g/mol. The maximum atomic E-state index is 12.7. The molecule has 1 aliphatic heterocycles. The Balaban J connectivity index is 1.83. The molecule has 1 aliphatic rings. The van der Waals surface area contributed by atoms with Crippen molar-refractivity contribution in [1.29, 1.82) is 0 Å². The number of rotatable bonds is 6. The molecule has 3 rings (SSSR count). The fourth-order valence-corrected chi connectivity index (χ4v) is 4.22. The molecule has 2 aromatic carbocycles. The van der Waals surface area contributed by atoms with Gasteiger partial charge >= 0.3 is 0 Å². The molecule has 2 N–H and O–H groups in total. The summed E-state index contributed by atoms with van der Waals surface area (Å²) in [5.74, 6) is 0.460. The molecule has 7 heteroatoms. The van der Waals surface area contributed by atoms with Gasteiger partial charge in [0.15, 0.2) is 0 Å². The molecule has 0 aromatic heterocycles. The lowest BCUT2D eigenvalue weighted by Crippen LogP contribution is -2.32. The lowest BCUT2D eigenvalue weighted by Gasteiger charge is -2.19. The van der Waals surface area contributed by atoms with Gasteiger partial charge in [0.1, 0.15) is 5.75 Å². The summed E-state index contributed by atoms with van der Waals surface area (Å²) in [7, 11) is -3.76. The van der Waals surface area contributed by atoms with Crippen molar-refractivity contribution in [2.75, 3.05) is 13.2 Å². The largest absolute Gasteiger partial charge is 0.494 e. The van der Waals surface area contributed by atoms with E-state index in [-0.39, 0.29) is 10.8 Å². The smallest absolute Gasteiger partial charge is 0.251 e.